The lowest BCUT2D eigenvalue weighted by Crippen LogP contribution is -2.06. The number of hydrogen-bond donors (Lipinski definition) is 2. The van der Waals surface area contributed by atoms with Crippen LogP contribution in [0.3, 0.4) is 0 Å². The van der Waals surface area contributed by atoms with Crippen molar-refractivity contribution in [2.75, 3.05) is 0 Å². The van der Waals surface area contributed by atoms with Gasteiger partial charge < -0.3 is 5.21 Å². The van der Waals surface area contributed by atoms with E-state index in [1.807, 2.05) is 18.2 Å². The van der Waals surface area contributed by atoms with Gasteiger partial charge in [-0.05, 0) is 23.1 Å². The molecule has 0 unspecified atom stereocenters. The zero-order valence-electron chi connectivity index (χ0n) is 7.84. The molecule has 0 bridgehead atoms. The fourth-order valence-electron chi connectivity index (χ4n) is 1.24. The average Bonchev–Trinajstić information content (AvgIpc) is 2.04. The molecule has 0 spiro atoms. The number of nitrogens with one attached hydrogen (secondary N) is 1. The standard InChI is InChI=1S/C10H14ClNO/c1-7(2)9-4-3-8(6-12-13)5-10(9)11/h3-5,7,12-13H,6H2,1-2H3. The Morgan fingerprint density at radius 2 is 2.15 bits per heavy atom. The Morgan fingerprint density at radius 1 is 1.46 bits per heavy atom. The van der Waals surface area contributed by atoms with Crippen LogP contribution in [0.4, 0.5) is 0 Å². The van der Waals surface area contributed by atoms with E-state index in [1.165, 1.54) is 0 Å². The number of hydroxylamine groups is 1. The number of hydrogen-bond acceptors (Lipinski definition) is 2. The second-order valence-corrected chi connectivity index (χ2v) is 3.75. The normalized spacial score (nSPS) is 10.8. The molecule has 0 fully saturated rings. The molecule has 1 aromatic carbocycles. The van der Waals surface area contributed by atoms with E-state index in [2.05, 4.69) is 19.3 Å². The summed E-state index contributed by atoms with van der Waals surface area (Å²) in [5, 5.41) is 9.26. The van der Waals surface area contributed by atoms with Crippen molar-refractivity contribution in [1.29, 1.82) is 0 Å². The second kappa shape index (κ2) is 4.61. The van der Waals surface area contributed by atoms with Gasteiger partial charge in [-0.25, -0.2) is 5.48 Å². The van der Waals surface area contributed by atoms with Crippen LogP contribution in [0.15, 0.2) is 18.2 Å². The summed E-state index contributed by atoms with van der Waals surface area (Å²) in [4.78, 5) is 0. The smallest absolute Gasteiger partial charge is 0.0458 e. The SMILES string of the molecule is CC(C)c1ccc(CNO)cc1Cl. The summed E-state index contributed by atoms with van der Waals surface area (Å²) >= 11 is 6.05. The van der Waals surface area contributed by atoms with Gasteiger partial charge in [0, 0.05) is 11.6 Å². The highest BCUT2D eigenvalue weighted by Gasteiger charge is 2.04. The van der Waals surface area contributed by atoms with Gasteiger partial charge in [-0.15, -0.1) is 0 Å². The quantitative estimate of drug-likeness (QED) is 0.734. The van der Waals surface area contributed by atoms with E-state index in [1.54, 1.807) is 0 Å². The highest BCUT2D eigenvalue weighted by molar-refractivity contribution is 6.31. The van der Waals surface area contributed by atoms with Gasteiger partial charge in [0.2, 0.25) is 0 Å². The lowest BCUT2D eigenvalue weighted by molar-refractivity contribution is 0.161. The summed E-state index contributed by atoms with van der Waals surface area (Å²) in [7, 11) is 0. The summed E-state index contributed by atoms with van der Waals surface area (Å²) in [6.45, 7) is 4.63. The molecule has 2 N–H and O–H groups in total. The first kappa shape index (κ1) is 10.5. The first-order valence-electron chi connectivity index (χ1n) is 4.30. The Morgan fingerprint density at radius 3 is 2.62 bits per heavy atom. The Hall–Kier alpha value is -0.570. The molecular weight excluding hydrogens is 186 g/mol. The zero-order chi connectivity index (χ0) is 9.84. The van der Waals surface area contributed by atoms with E-state index in [4.69, 9.17) is 16.8 Å². The molecule has 0 amide bonds. The van der Waals surface area contributed by atoms with E-state index in [0.29, 0.717) is 12.5 Å². The van der Waals surface area contributed by atoms with Crippen molar-refractivity contribution >= 4 is 11.6 Å². The number of halogens is 1. The molecule has 0 atom stereocenters. The van der Waals surface area contributed by atoms with Gasteiger partial charge in [0.25, 0.3) is 0 Å². The third kappa shape index (κ3) is 2.69. The van der Waals surface area contributed by atoms with Crippen LogP contribution < -0.4 is 5.48 Å². The Labute approximate surface area is 83.5 Å². The molecule has 3 heteroatoms. The Bertz CT molecular complexity index is 286. The van der Waals surface area contributed by atoms with Crippen LogP contribution in [0.2, 0.25) is 5.02 Å². The van der Waals surface area contributed by atoms with Crippen LogP contribution in [0.25, 0.3) is 0 Å². The second-order valence-electron chi connectivity index (χ2n) is 3.35. The molecule has 0 aliphatic heterocycles. The summed E-state index contributed by atoms with van der Waals surface area (Å²) in [6.07, 6.45) is 0. The minimum atomic E-state index is 0.429. The maximum atomic E-state index is 8.50. The van der Waals surface area contributed by atoms with Crippen LogP contribution in [-0.4, -0.2) is 5.21 Å². The molecule has 72 valence electrons. The molecule has 13 heavy (non-hydrogen) atoms. The molecule has 0 saturated heterocycles. The molecular formula is C10H14ClNO. The van der Waals surface area contributed by atoms with Crippen molar-refractivity contribution in [3.05, 3.63) is 34.3 Å². The summed E-state index contributed by atoms with van der Waals surface area (Å²) < 4.78 is 0. The summed E-state index contributed by atoms with van der Waals surface area (Å²) in [5.41, 5.74) is 4.23. The summed E-state index contributed by atoms with van der Waals surface area (Å²) in [6, 6.07) is 5.84. The van der Waals surface area contributed by atoms with Gasteiger partial charge in [-0.1, -0.05) is 37.6 Å². The van der Waals surface area contributed by atoms with Crippen LogP contribution in [0.5, 0.6) is 0 Å². The predicted molar refractivity (Wildman–Crippen MR) is 54.2 cm³/mol. The van der Waals surface area contributed by atoms with Crippen molar-refractivity contribution in [2.45, 2.75) is 26.3 Å². The van der Waals surface area contributed by atoms with E-state index in [9.17, 15) is 0 Å². The largest absolute Gasteiger partial charge is 0.316 e. The van der Waals surface area contributed by atoms with Crippen LogP contribution in [0, 0.1) is 0 Å². The lowest BCUT2D eigenvalue weighted by Gasteiger charge is -2.09. The maximum absolute atomic E-state index is 8.50. The third-order valence-corrected chi connectivity index (χ3v) is 2.30. The van der Waals surface area contributed by atoms with Crippen molar-refractivity contribution < 1.29 is 5.21 Å². The van der Waals surface area contributed by atoms with Crippen molar-refractivity contribution in [2.24, 2.45) is 0 Å². The van der Waals surface area contributed by atoms with Crippen molar-refractivity contribution in [1.82, 2.24) is 5.48 Å². The van der Waals surface area contributed by atoms with E-state index >= 15 is 0 Å². The maximum Gasteiger partial charge on any atom is 0.0458 e. The third-order valence-electron chi connectivity index (χ3n) is 1.97. The van der Waals surface area contributed by atoms with Crippen molar-refractivity contribution in [3.8, 4) is 0 Å². The van der Waals surface area contributed by atoms with Crippen LogP contribution >= 0.6 is 11.6 Å². The molecule has 1 rings (SSSR count). The van der Waals surface area contributed by atoms with Gasteiger partial charge in [-0.3, -0.25) is 0 Å². The Kier molecular flexibility index (Phi) is 3.72. The van der Waals surface area contributed by atoms with Gasteiger partial charge in [0.05, 0.1) is 0 Å². The minimum absolute atomic E-state index is 0.429. The molecule has 0 aliphatic carbocycles. The van der Waals surface area contributed by atoms with Gasteiger partial charge >= 0.3 is 0 Å². The summed E-state index contributed by atoms with van der Waals surface area (Å²) in [5.74, 6) is 0.434. The number of rotatable bonds is 3. The molecule has 1 aromatic rings. The minimum Gasteiger partial charge on any atom is -0.316 e. The lowest BCUT2D eigenvalue weighted by atomic mass is 10.0. The first-order chi connectivity index (χ1) is 6.15. The fraction of sp³-hybridized carbons (Fsp3) is 0.400. The monoisotopic (exact) mass is 199 g/mol. The van der Waals surface area contributed by atoms with Crippen molar-refractivity contribution in [3.63, 3.8) is 0 Å². The predicted octanol–water partition coefficient (Wildman–Crippen LogP) is 2.94. The molecule has 0 saturated carbocycles. The Balaban J connectivity index is 2.92. The molecule has 2 nitrogen and oxygen atoms in total. The zero-order valence-corrected chi connectivity index (χ0v) is 8.60. The average molecular weight is 200 g/mol. The van der Waals surface area contributed by atoms with E-state index in [-0.39, 0.29) is 0 Å². The number of benzene rings is 1. The molecule has 0 aromatic heterocycles. The topological polar surface area (TPSA) is 32.3 Å². The molecule has 0 aliphatic rings. The fourth-order valence-corrected chi connectivity index (χ4v) is 1.66. The van der Waals surface area contributed by atoms with Crippen LogP contribution in [0.1, 0.15) is 30.9 Å². The van der Waals surface area contributed by atoms with E-state index in [0.717, 1.165) is 16.1 Å². The van der Waals surface area contributed by atoms with Crippen LogP contribution in [-0.2, 0) is 6.54 Å². The van der Waals surface area contributed by atoms with Gasteiger partial charge in [0.15, 0.2) is 0 Å². The first-order valence-corrected chi connectivity index (χ1v) is 4.68. The molecule has 0 heterocycles. The van der Waals surface area contributed by atoms with E-state index < -0.39 is 0 Å². The molecule has 0 radical (unpaired) electrons. The highest BCUT2D eigenvalue weighted by Crippen LogP contribution is 2.24. The highest BCUT2D eigenvalue weighted by atomic mass is 35.5. The van der Waals surface area contributed by atoms with Gasteiger partial charge in [0.1, 0.15) is 0 Å². The van der Waals surface area contributed by atoms with Gasteiger partial charge in [-0.2, -0.15) is 0 Å².